The number of carbonyl (C=O) groups excluding carboxylic acids is 1. The van der Waals surface area contributed by atoms with E-state index in [1.165, 1.54) is 32.1 Å². The molecule has 0 radical (unpaired) electrons. The van der Waals surface area contributed by atoms with Crippen molar-refractivity contribution in [3.8, 4) is 0 Å². The highest BCUT2D eigenvalue weighted by Crippen LogP contribution is 2.26. The first-order valence-corrected chi connectivity index (χ1v) is 8.30. The van der Waals surface area contributed by atoms with Crippen LogP contribution in [0, 0.1) is 11.3 Å². The van der Waals surface area contributed by atoms with E-state index in [0.29, 0.717) is 12.0 Å². The van der Waals surface area contributed by atoms with E-state index in [2.05, 4.69) is 29.8 Å². The van der Waals surface area contributed by atoms with Gasteiger partial charge in [0, 0.05) is 18.0 Å². The van der Waals surface area contributed by atoms with Crippen molar-refractivity contribution >= 4 is 5.91 Å². The van der Waals surface area contributed by atoms with Gasteiger partial charge in [-0.15, -0.1) is 0 Å². The molecule has 0 unspecified atom stereocenters. The average molecular weight is 281 g/mol. The Morgan fingerprint density at radius 1 is 1.20 bits per heavy atom. The van der Waals surface area contributed by atoms with Gasteiger partial charge in [0.05, 0.1) is 0 Å². The summed E-state index contributed by atoms with van der Waals surface area (Å²) < 4.78 is 0. The van der Waals surface area contributed by atoms with E-state index in [-0.39, 0.29) is 11.3 Å². The van der Waals surface area contributed by atoms with Gasteiger partial charge in [-0.05, 0) is 57.7 Å². The summed E-state index contributed by atoms with van der Waals surface area (Å²) in [5, 5.41) is 10.1. The predicted molar refractivity (Wildman–Crippen MR) is 82.6 cm³/mol. The van der Waals surface area contributed by atoms with Crippen molar-refractivity contribution < 1.29 is 4.79 Å². The van der Waals surface area contributed by atoms with Crippen LogP contribution in [0.2, 0.25) is 0 Å². The number of nitrogens with one attached hydrogen (secondary N) is 3. The summed E-state index contributed by atoms with van der Waals surface area (Å²) in [6.45, 7) is 8.27. The van der Waals surface area contributed by atoms with Gasteiger partial charge >= 0.3 is 0 Å². The van der Waals surface area contributed by atoms with Crippen LogP contribution in [-0.2, 0) is 4.79 Å². The summed E-state index contributed by atoms with van der Waals surface area (Å²) in [6.07, 6.45) is 7.19. The lowest BCUT2D eigenvalue weighted by atomic mass is 9.82. The van der Waals surface area contributed by atoms with Gasteiger partial charge in [-0.25, -0.2) is 0 Å². The summed E-state index contributed by atoms with van der Waals surface area (Å²) in [5.41, 5.74) is -0.267. The first-order chi connectivity index (χ1) is 9.58. The third-order valence-electron chi connectivity index (χ3n) is 4.73. The Morgan fingerprint density at radius 2 is 2.05 bits per heavy atom. The molecule has 20 heavy (non-hydrogen) atoms. The van der Waals surface area contributed by atoms with Crippen LogP contribution in [0.15, 0.2) is 0 Å². The zero-order valence-electron chi connectivity index (χ0n) is 13.1. The van der Waals surface area contributed by atoms with Crippen molar-refractivity contribution in [3.05, 3.63) is 0 Å². The van der Waals surface area contributed by atoms with Crippen LogP contribution < -0.4 is 16.0 Å². The molecule has 2 aliphatic rings. The normalized spacial score (nSPS) is 28.1. The van der Waals surface area contributed by atoms with Crippen LogP contribution in [0.5, 0.6) is 0 Å². The quantitative estimate of drug-likeness (QED) is 0.718. The lowest BCUT2D eigenvalue weighted by Crippen LogP contribution is -2.46. The van der Waals surface area contributed by atoms with Gasteiger partial charge in [0.2, 0.25) is 5.91 Å². The van der Waals surface area contributed by atoms with Crippen molar-refractivity contribution in [2.24, 2.45) is 11.3 Å². The van der Waals surface area contributed by atoms with Gasteiger partial charge in [-0.3, -0.25) is 4.79 Å². The van der Waals surface area contributed by atoms with E-state index in [9.17, 15) is 4.79 Å². The Bertz CT molecular complexity index is 305. The van der Waals surface area contributed by atoms with Crippen LogP contribution >= 0.6 is 0 Å². The highest BCUT2D eigenvalue weighted by Gasteiger charge is 2.31. The number of hydrogen-bond acceptors (Lipinski definition) is 3. The number of amides is 1. The molecule has 0 aromatic heterocycles. The number of hydrogen-bond donors (Lipinski definition) is 3. The van der Waals surface area contributed by atoms with E-state index >= 15 is 0 Å². The Hall–Kier alpha value is -0.610. The average Bonchev–Trinajstić information content (AvgIpc) is 2.46. The molecule has 0 aromatic carbocycles. The number of piperidine rings is 2. The summed E-state index contributed by atoms with van der Waals surface area (Å²) >= 11 is 0. The molecule has 2 saturated heterocycles. The van der Waals surface area contributed by atoms with Gasteiger partial charge < -0.3 is 16.0 Å². The summed E-state index contributed by atoms with van der Waals surface area (Å²) in [4.78, 5) is 12.4. The molecule has 116 valence electrons. The van der Waals surface area contributed by atoms with Gasteiger partial charge in [0.15, 0.2) is 0 Å². The van der Waals surface area contributed by atoms with E-state index < -0.39 is 0 Å². The molecule has 0 saturated carbocycles. The molecule has 0 bridgehead atoms. The smallest absolute Gasteiger partial charge is 0.225 e. The molecule has 2 atom stereocenters. The first-order valence-electron chi connectivity index (χ1n) is 8.30. The van der Waals surface area contributed by atoms with Crippen LogP contribution in [0.1, 0.15) is 52.4 Å². The Kier molecular flexibility index (Phi) is 5.85. The second-order valence-electron chi connectivity index (χ2n) is 7.16. The molecular formula is C16H31N3O. The minimum Gasteiger partial charge on any atom is -0.355 e. The Balaban J connectivity index is 1.73. The van der Waals surface area contributed by atoms with Crippen LogP contribution in [0.4, 0.5) is 0 Å². The third kappa shape index (κ3) is 4.74. The number of rotatable bonds is 5. The van der Waals surface area contributed by atoms with Crippen molar-refractivity contribution in [2.45, 2.75) is 58.4 Å². The molecule has 0 aliphatic carbocycles. The van der Waals surface area contributed by atoms with Crippen molar-refractivity contribution in [1.29, 1.82) is 0 Å². The zero-order chi connectivity index (χ0) is 14.4. The largest absolute Gasteiger partial charge is 0.355 e. The van der Waals surface area contributed by atoms with E-state index in [4.69, 9.17) is 0 Å². The molecule has 0 spiro atoms. The van der Waals surface area contributed by atoms with Gasteiger partial charge in [-0.2, -0.15) is 0 Å². The topological polar surface area (TPSA) is 53.2 Å². The maximum atomic E-state index is 12.4. The molecule has 2 rings (SSSR count). The lowest BCUT2D eigenvalue weighted by Gasteiger charge is -2.32. The molecule has 2 aliphatic heterocycles. The van der Waals surface area contributed by atoms with Crippen LogP contribution in [-0.4, -0.2) is 38.1 Å². The SMILES string of the molecule is CC(C)(C[C@@H]1CCCCN1)C(=O)NC[C@H]1CCCNC1. The molecular weight excluding hydrogens is 250 g/mol. The second-order valence-corrected chi connectivity index (χ2v) is 7.16. The highest BCUT2D eigenvalue weighted by atomic mass is 16.2. The summed E-state index contributed by atoms with van der Waals surface area (Å²) in [6, 6.07) is 0.515. The lowest BCUT2D eigenvalue weighted by molar-refractivity contribution is -0.130. The van der Waals surface area contributed by atoms with Crippen molar-refractivity contribution in [2.75, 3.05) is 26.2 Å². The first kappa shape index (κ1) is 15.8. The van der Waals surface area contributed by atoms with Gasteiger partial charge in [-0.1, -0.05) is 20.3 Å². The minimum atomic E-state index is -0.267. The number of carbonyl (C=O) groups is 1. The molecule has 0 aromatic rings. The Morgan fingerprint density at radius 3 is 2.70 bits per heavy atom. The molecule has 2 heterocycles. The maximum Gasteiger partial charge on any atom is 0.225 e. The molecule has 4 heteroatoms. The van der Waals surface area contributed by atoms with E-state index in [1.807, 2.05) is 0 Å². The molecule has 4 nitrogen and oxygen atoms in total. The van der Waals surface area contributed by atoms with E-state index in [1.54, 1.807) is 0 Å². The fourth-order valence-corrected chi connectivity index (χ4v) is 3.38. The zero-order valence-corrected chi connectivity index (χ0v) is 13.1. The van der Waals surface area contributed by atoms with E-state index in [0.717, 1.165) is 32.6 Å². The summed E-state index contributed by atoms with van der Waals surface area (Å²) in [7, 11) is 0. The maximum absolute atomic E-state index is 12.4. The van der Waals surface area contributed by atoms with Gasteiger partial charge in [0.1, 0.15) is 0 Å². The molecule has 2 fully saturated rings. The van der Waals surface area contributed by atoms with Crippen LogP contribution in [0.25, 0.3) is 0 Å². The van der Waals surface area contributed by atoms with Crippen molar-refractivity contribution in [1.82, 2.24) is 16.0 Å². The van der Waals surface area contributed by atoms with Crippen LogP contribution in [0.3, 0.4) is 0 Å². The summed E-state index contributed by atoms with van der Waals surface area (Å²) in [5.74, 6) is 0.826. The Labute approximate surface area is 123 Å². The standard InChI is InChI=1S/C16H31N3O/c1-16(2,10-14-7-3-4-9-18-14)15(20)19-12-13-6-5-8-17-11-13/h13-14,17-18H,3-12H2,1-2H3,(H,19,20)/t13-,14-/m0/s1. The fraction of sp³-hybridized carbons (Fsp3) is 0.938. The monoisotopic (exact) mass is 281 g/mol. The fourth-order valence-electron chi connectivity index (χ4n) is 3.38. The molecule has 1 amide bonds. The third-order valence-corrected chi connectivity index (χ3v) is 4.73. The molecule has 3 N–H and O–H groups in total. The predicted octanol–water partition coefficient (Wildman–Crippen LogP) is 1.66. The van der Waals surface area contributed by atoms with Gasteiger partial charge in [0.25, 0.3) is 0 Å². The second kappa shape index (κ2) is 7.41. The highest BCUT2D eigenvalue weighted by molar-refractivity contribution is 5.81. The van der Waals surface area contributed by atoms with Crippen molar-refractivity contribution in [3.63, 3.8) is 0 Å². The minimum absolute atomic E-state index is 0.218.